The number of fused-ring (bicyclic) bond motifs is 1. The van der Waals surface area contributed by atoms with Gasteiger partial charge in [0.25, 0.3) is 0 Å². The quantitative estimate of drug-likeness (QED) is 0.585. The van der Waals surface area contributed by atoms with Gasteiger partial charge in [-0.1, -0.05) is 31.2 Å². The minimum Gasteiger partial charge on any atom is -0.393 e. The van der Waals surface area contributed by atoms with Crippen LogP contribution >= 0.6 is 0 Å². The molecule has 30 heavy (non-hydrogen) atoms. The van der Waals surface area contributed by atoms with E-state index in [1.807, 2.05) is 13.8 Å². The van der Waals surface area contributed by atoms with Crippen molar-refractivity contribution < 1.29 is 20.1 Å². The van der Waals surface area contributed by atoms with Gasteiger partial charge in [0, 0.05) is 13.0 Å². The first-order valence-corrected chi connectivity index (χ1v) is 11.8. The van der Waals surface area contributed by atoms with Crippen LogP contribution < -0.4 is 0 Å². The van der Waals surface area contributed by atoms with Crippen LogP contribution in [0.2, 0.25) is 0 Å². The van der Waals surface area contributed by atoms with E-state index in [1.54, 1.807) is 0 Å². The summed E-state index contributed by atoms with van der Waals surface area (Å²) in [5.41, 5.74) is 2.82. The Hall–Kier alpha value is -0.940. The van der Waals surface area contributed by atoms with Crippen molar-refractivity contribution in [2.75, 3.05) is 6.61 Å². The van der Waals surface area contributed by atoms with Crippen LogP contribution in [-0.2, 0) is 4.74 Å². The van der Waals surface area contributed by atoms with Gasteiger partial charge in [0.2, 0.25) is 0 Å². The molecule has 3 N–H and O–H groups in total. The molecule has 0 bridgehead atoms. The van der Waals surface area contributed by atoms with Gasteiger partial charge in [-0.05, 0) is 94.1 Å². The number of rotatable bonds is 6. The SMILES string of the molecule is C=C1C(=CC=C2CCC[C@]3(C)[C@@H]([C@H](C)OCCC(C)(C)O)CC[C@@H]23)C[C@H](O)C[C@@H]1O. The fourth-order valence-electron chi connectivity index (χ4n) is 6.13. The first-order valence-electron chi connectivity index (χ1n) is 11.8. The molecule has 170 valence electrons. The third-order valence-electron chi connectivity index (χ3n) is 7.96. The molecule has 3 saturated carbocycles. The zero-order valence-electron chi connectivity index (χ0n) is 19.4. The largest absolute Gasteiger partial charge is 0.393 e. The summed E-state index contributed by atoms with van der Waals surface area (Å²) in [6, 6.07) is 0. The predicted octanol–water partition coefficient (Wildman–Crippen LogP) is 4.69. The lowest BCUT2D eigenvalue weighted by atomic mass is 9.62. The predicted molar refractivity (Wildman–Crippen MR) is 121 cm³/mol. The molecule has 4 heteroatoms. The van der Waals surface area contributed by atoms with Gasteiger partial charge in [0.15, 0.2) is 0 Å². The van der Waals surface area contributed by atoms with E-state index in [0.717, 1.165) is 17.6 Å². The van der Waals surface area contributed by atoms with Gasteiger partial charge in [-0.3, -0.25) is 0 Å². The Morgan fingerprint density at radius 1 is 1.27 bits per heavy atom. The molecule has 3 aliphatic rings. The number of hydrogen-bond acceptors (Lipinski definition) is 4. The molecule has 0 aliphatic heterocycles. The van der Waals surface area contributed by atoms with E-state index in [9.17, 15) is 15.3 Å². The summed E-state index contributed by atoms with van der Waals surface area (Å²) in [5, 5.41) is 30.1. The van der Waals surface area contributed by atoms with Crippen LogP contribution in [0.1, 0.15) is 79.1 Å². The smallest absolute Gasteiger partial charge is 0.0811 e. The Balaban J connectivity index is 1.70. The summed E-state index contributed by atoms with van der Waals surface area (Å²) in [6.07, 6.45) is 11.0. The first kappa shape index (κ1) is 23.7. The second-order valence-corrected chi connectivity index (χ2v) is 10.8. The lowest BCUT2D eigenvalue weighted by Crippen LogP contribution is -2.39. The Bertz CT molecular complexity index is 686. The van der Waals surface area contributed by atoms with Crippen molar-refractivity contribution in [3.05, 3.63) is 35.5 Å². The topological polar surface area (TPSA) is 69.9 Å². The van der Waals surface area contributed by atoms with Crippen LogP contribution in [0.4, 0.5) is 0 Å². The second-order valence-electron chi connectivity index (χ2n) is 10.8. The van der Waals surface area contributed by atoms with Gasteiger partial charge < -0.3 is 20.1 Å². The van der Waals surface area contributed by atoms with Crippen molar-refractivity contribution in [3.63, 3.8) is 0 Å². The molecule has 3 aliphatic carbocycles. The van der Waals surface area contributed by atoms with Crippen LogP contribution in [0.15, 0.2) is 35.5 Å². The molecular formula is C26H42O4. The van der Waals surface area contributed by atoms with Crippen LogP contribution in [0.5, 0.6) is 0 Å². The summed E-state index contributed by atoms with van der Waals surface area (Å²) >= 11 is 0. The molecule has 6 atom stereocenters. The molecule has 3 fully saturated rings. The summed E-state index contributed by atoms with van der Waals surface area (Å²) < 4.78 is 6.19. The summed E-state index contributed by atoms with van der Waals surface area (Å²) in [4.78, 5) is 0. The summed E-state index contributed by atoms with van der Waals surface area (Å²) in [5.74, 6) is 1.11. The highest BCUT2D eigenvalue weighted by Crippen LogP contribution is 2.58. The first-order chi connectivity index (χ1) is 14.0. The zero-order valence-corrected chi connectivity index (χ0v) is 19.4. The standard InChI is InChI=1S/C26H42O4/c1-17-20(15-21(27)16-24(17)28)9-8-19-7-6-12-26(5)22(10-11-23(19)26)18(2)30-14-13-25(3,4)29/h8-9,18,21-24,27-29H,1,6-7,10-16H2,2-5H3/t18-,21-,22+,23-,24-,26+/m0/s1. The lowest BCUT2D eigenvalue weighted by molar-refractivity contribution is -0.0454. The maximum atomic E-state index is 10.1. The van der Waals surface area contributed by atoms with E-state index in [2.05, 4.69) is 32.6 Å². The van der Waals surface area contributed by atoms with E-state index in [1.165, 1.54) is 31.3 Å². The van der Waals surface area contributed by atoms with Crippen molar-refractivity contribution in [2.24, 2.45) is 17.3 Å². The van der Waals surface area contributed by atoms with Crippen molar-refractivity contribution in [3.8, 4) is 0 Å². The van der Waals surface area contributed by atoms with Crippen LogP contribution in [0, 0.1) is 17.3 Å². The number of allylic oxidation sites excluding steroid dienone is 3. The molecule has 0 heterocycles. The fourth-order valence-corrected chi connectivity index (χ4v) is 6.13. The molecule has 0 saturated heterocycles. The molecule has 3 rings (SSSR count). The molecule has 0 aromatic heterocycles. The number of aliphatic hydroxyl groups is 3. The molecule has 0 aromatic carbocycles. The van der Waals surface area contributed by atoms with Crippen molar-refractivity contribution in [1.29, 1.82) is 0 Å². The minimum atomic E-state index is -0.680. The Morgan fingerprint density at radius 3 is 2.70 bits per heavy atom. The molecule has 0 unspecified atom stereocenters. The highest BCUT2D eigenvalue weighted by Gasteiger charge is 2.51. The number of aliphatic hydroxyl groups excluding tert-OH is 2. The minimum absolute atomic E-state index is 0.198. The monoisotopic (exact) mass is 418 g/mol. The van der Waals surface area contributed by atoms with E-state index in [0.29, 0.717) is 37.7 Å². The highest BCUT2D eigenvalue weighted by atomic mass is 16.5. The van der Waals surface area contributed by atoms with E-state index < -0.39 is 17.8 Å². The summed E-state index contributed by atoms with van der Waals surface area (Å²) in [7, 11) is 0. The molecule has 0 aromatic rings. The average Bonchev–Trinajstić information content (AvgIpc) is 3.00. The lowest BCUT2D eigenvalue weighted by Gasteiger charge is -2.44. The van der Waals surface area contributed by atoms with Crippen LogP contribution in [0.25, 0.3) is 0 Å². The van der Waals surface area contributed by atoms with Crippen molar-refractivity contribution in [1.82, 2.24) is 0 Å². The molecular weight excluding hydrogens is 376 g/mol. The average molecular weight is 419 g/mol. The maximum Gasteiger partial charge on any atom is 0.0811 e. The van der Waals surface area contributed by atoms with Gasteiger partial charge in [-0.2, -0.15) is 0 Å². The highest BCUT2D eigenvalue weighted by molar-refractivity contribution is 5.38. The summed E-state index contributed by atoms with van der Waals surface area (Å²) in [6.45, 7) is 13.0. The Morgan fingerprint density at radius 2 is 2.00 bits per heavy atom. The number of hydrogen-bond donors (Lipinski definition) is 3. The van der Waals surface area contributed by atoms with E-state index in [-0.39, 0.29) is 11.5 Å². The third-order valence-corrected chi connectivity index (χ3v) is 7.96. The molecule has 4 nitrogen and oxygen atoms in total. The van der Waals surface area contributed by atoms with E-state index >= 15 is 0 Å². The fraction of sp³-hybridized carbons (Fsp3) is 0.769. The van der Waals surface area contributed by atoms with Gasteiger partial charge >= 0.3 is 0 Å². The second kappa shape index (κ2) is 9.28. The van der Waals surface area contributed by atoms with Crippen LogP contribution in [-0.4, -0.2) is 45.8 Å². The zero-order chi connectivity index (χ0) is 22.1. The third kappa shape index (κ3) is 5.27. The molecule has 0 amide bonds. The van der Waals surface area contributed by atoms with Gasteiger partial charge in [0.05, 0.1) is 23.9 Å². The van der Waals surface area contributed by atoms with Gasteiger partial charge in [-0.25, -0.2) is 0 Å². The number of ether oxygens (including phenoxy) is 1. The molecule has 0 spiro atoms. The Labute approximate surface area is 182 Å². The normalized spacial score (nSPS) is 38.8. The van der Waals surface area contributed by atoms with Crippen molar-refractivity contribution in [2.45, 2.75) is 103 Å². The van der Waals surface area contributed by atoms with Crippen molar-refractivity contribution >= 4 is 0 Å². The maximum absolute atomic E-state index is 10.1. The Kier molecular flexibility index (Phi) is 7.33. The van der Waals surface area contributed by atoms with Gasteiger partial charge in [0.1, 0.15) is 0 Å². The van der Waals surface area contributed by atoms with Crippen LogP contribution in [0.3, 0.4) is 0 Å². The van der Waals surface area contributed by atoms with Gasteiger partial charge in [-0.15, -0.1) is 0 Å². The molecule has 0 radical (unpaired) electrons. The van der Waals surface area contributed by atoms with E-state index in [4.69, 9.17) is 4.74 Å².